The van der Waals surface area contributed by atoms with Crippen LogP contribution < -0.4 is 0 Å². The van der Waals surface area contributed by atoms with Gasteiger partial charge in [-0.2, -0.15) is 0 Å². The number of carbonyl (C=O) groups is 3. The van der Waals surface area contributed by atoms with Crippen LogP contribution in [0.1, 0.15) is 62.4 Å². The van der Waals surface area contributed by atoms with Gasteiger partial charge in [0.25, 0.3) is 0 Å². The van der Waals surface area contributed by atoms with Crippen molar-refractivity contribution < 1.29 is 28.3 Å². The minimum atomic E-state index is -0.890. The number of fused-ring (bicyclic) bond motifs is 2. The molecule has 0 N–H and O–H groups in total. The van der Waals surface area contributed by atoms with Crippen molar-refractivity contribution in [2.45, 2.75) is 58.0 Å². The number of carbonyl (C=O) groups excluding carboxylic acids is 3. The van der Waals surface area contributed by atoms with Crippen LogP contribution in [-0.4, -0.2) is 30.4 Å². The molecule has 0 aromatic carbocycles. The summed E-state index contributed by atoms with van der Waals surface area (Å²) in [5.41, 5.74) is -1.06. The summed E-state index contributed by atoms with van der Waals surface area (Å²) in [4.78, 5) is 40.1. The first-order valence-corrected chi connectivity index (χ1v) is 11.5. The highest BCUT2D eigenvalue weighted by atomic mass is 16.6. The number of esters is 2. The Kier molecular flexibility index (Phi) is 3.81. The molecule has 6 nitrogen and oxygen atoms in total. The van der Waals surface area contributed by atoms with Crippen molar-refractivity contribution in [1.29, 1.82) is 0 Å². The normalized spacial score (nSPS) is 45.5. The zero-order chi connectivity index (χ0) is 21.6. The van der Waals surface area contributed by atoms with Crippen LogP contribution in [0.25, 0.3) is 0 Å². The van der Waals surface area contributed by atoms with Gasteiger partial charge < -0.3 is 13.9 Å². The van der Waals surface area contributed by atoms with E-state index in [2.05, 4.69) is 13.5 Å². The first kappa shape index (κ1) is 19.3. The fraction of sp³-hybridized carbons (Fsp3) is 0.640. The molecule has 5 aliphatic carbocycles. The molecule has 1 aliphatic heterocycles. The second-order valence-corrected chi connectivity index (χ2v) is 10.7. The van der Waals surface area contributed by atoms with Gasteiger partial charge in [0, 0.05) is 5.41 Å². The summed E-state index contributed by atoms with van der Waals surface area (Å²) in [5.74, 6) is -0.566. The Balaban J connectivity index is 1.50. The third-order valence-electron chi connectivity index (χ3n) is 9.59. The van der Waals surface area contributed by atoms with Gasteiger partial charge in [-0.25, -0.2) is 4.79 Å². The summed E-state index contributed by atoms with van der Waals surface area (Å²) < 4.78 is 17.2. The van der Waals surface area contributed by atoms with Crippen LogP contribution in [0.2, 0.25) is 0 Å². The third-order valence-corrected chi connectivity index (χ3v) is 9.59. The third kappa shape index (κ3) is 2.21. The van der Waals surface area contributed by atoms with Crippen LogP contribution in [-0.2, 0) is 19.1 Å². The zero-order valence-electron chi connectivity index (χ0n) is 17.9. The molecule has 164 valence electrons. The standard InChI is InChI=1S/C25H28O6/c1-14-15-6-9-25(20(14)26)18(11-15)24-8-4-7-23(2,13-30-22(24)28)17(24)12-19(25)31-21(27)16-5-3-10-29-16/h3,5,10,15,17-19H,1,4,6-9,11-13H2,2H3/t15-,17?,18?,19+,23-,24?,25+/m0/s1. The van der Waals surface area contributed by atoms with Gasteiger partial charge in [-0.1, -0.05) is 19.9 Å². The molecule has 7 rings (SSSR count). The van der Waals surface area contributed by atoms with E-state index in [1.807, 2.05) is 0 Å². The molecule has 6 aliphatic rings. The van der Waals surface area contributed by atoms with Crippen molar-refractivity contribution in [3.63, 3.8) is 0 Å². The Morgan fingerprint density at radius 3 is 2.77 bits per heavy atom. The van der Waals surface area contributed by atoms with Gasteiger partial charge in [-0.3, -0.25) is 9.59 Å². The van der Waals surface area contributed by atoms with Gasteiger partial charge in [0.1, 0.15) is 6.10 Å². The van der Waals surface area contributed by atoms with E-state index in [0.717, 1.165) is 32.1 Å². The minimum Gasteiger partial charge on any atom is -0.465 e. The van der Waals surface area contributed by atoms with Gasteiger partial charge in [-0.05, 0) is 74.0 Å². The van der Waals surface area contributed by atoms with E-state index in [9.17, 15) is 14.4 Å². The smallest absolute Gasteiger partial charge is 0.374 e. The first-order chi connectivity index (χ1) is 14.8. The van der Waals surface area contributed by atoms with Crippen LogP contribution in [0.4, 0.5) is 0 Å². The number of hydrogen-bond acceptors (Lipinski definition) is 6. The largest absolute Gasteiger partial charge is 0.465 e. The van der Waals surface area contributed by atoms with Crippen LogP contribution in [0.3, 0.4) is 0 Å². The Morgan fingerprint density at radius 1 is 1.16 bits per heavy atom. The Morgan fingerprint density at radius 2 is 2.00 bits per heavy atom. The molecule has 31 heavy (non-hydrogen) atoms. The summed E-state index contributed by atoms with van der Waals surface area (Å²) >= 11 is 0. The quantitative estimate of drug-likeness (QED) is 0.525. The van der Waals surface area contributed by atoms with E-state index in [0.29, 0.717) is 25.0 Å². The number of furan rings is 1. The fourth-order valence-electron chi connectivity index (χ4n) is 8.22. The summed E-state index contributed by atoms with van der Waals surface area (Å²) in [6.07, 6.45) is 6.30. The summed E-state index contributed by atoms with van der Waals surface area (Å²) in [7, 11) is 0. The van der Waals surface area contributed by atoms with Crippen molar-refractivity contribution in [2.24, 2.45) is 34.0 Å². The van der Waals surface area contributed by atoms with Gasteiger partial charge in [-0.15, -0.1) is 0 Å². The van der Waals surface area contributed by atoms with Crippen molar-refractivity contribution in [3.8, 4) is 0 Å². The molecule has 6 heteroatoms. The fourth-order valence-corrected chi connectivity index (χ4v) is 8.22. The molecule has 0 amide bonds. The lowest BCUT2D eigenvalue weighted by Crippen LogP contribution is -2.73. The molecular weight excluding hydrogens is 396 g/mol. The molecule has 1 aromatic heterocycles. The highest BCUT2D eigenvalue weighted by Gasteiger charge is 2.76. The molecule has 3 unspecified atom stereocenters. The molecule has 0 radical (unpaired) electrons. The van der Waals surface area contributed by atoms with Crippen molar-refractivity contribution >= 4 is 17.7 Å². The number of Topliss-reactive ketones (excluding diaryl/α,β-unsaturated/α-hetero) is 1. The Hall–Kier alpha value is -2.37. The molecule has 1 aromatic rings. The molecule has 1 spiro atoms. The molecule has 1 saturated heterocycles. The predicted molar refractivity (Wildman–Crippen MR) is 109 cm³/mol. The maximum Gasteiger partial charge on any atom is 0.374 e. The highest BCUT2D eigenvalue weighted by molar-refractivity contribution is 6.03. The average molecular weight is 424 g/mol. The van der Waals surface area contributed by atoms with Gasteiger partial charge in [0.2, 0.25) is 5.76 Å². The van der Waals surface area contributed by atoms with E-state index in [4.69, 9.17) is 13.9 Å². The lowest BCUT2D eigenvalue weighted by atomic mass is 9.35. The van der Waals surface area contributed by atoms with E-state index in [1.165, 1.54) is 6.26 Å². The molecule has 6 fully saturated rings. The molecule has 7 atom stereocenters. The molecule has 5 saturated carbocycles. The lowest BCUT2D eigenvalue weighted by molar-refractivity contribution is -0.254. The number of ketones is 1. The van der Waals surface area contributed by atoms with Crippen LogP contribution >= 0.6 is 0 Å². The van der Waals surface area contributed by atoms with Crippen LogP contribution in [0, 0.1) is 34.0 Å². The minimum absolute atomic E-state index is 0.00396. The predicted octanol–water partition coefficient (Wildman–Crippen LogP) is 4.10. The van der Waals surface area contributed by atoms with Crippen LogP contribution in [0.5, 0.6) is 0 Å². The second kappa shape index (κ2) is 6.11. The summed E-state index contributed by atoms with van der Waals surface area (Å²) in [5, 5.41) is 0. The first-order valence-electron chi connectivity index (χ1n) is 11.5. The van der Waals surface area contributed by atoms with Crippen LogP contribution in [0.15, 0.2) is 35.0 Å². The second-order valence-electron chi connectivity index (χ2n) is 10.7. The van der Waals surface area contributed by atoms with Gasteiger partial charge >= 0.3 is 11.9 Å². The van der Waals surface area contributed by atoms with E-state index in [1.54, 1.807) is 12.1 Å². The number of rotatable bonds is 2. The van der Waals surface area contributed by atoms with E-state index < -0.39 is 22.9 Å². The van der Waals surface area contributed by atoms with Crippen molar-refractivity contribution in [2.75, 3.05) is 6.61 Å². The monoisotopic (exact) mass is 424 g/mol. The van der Waals surface area contributed by atoms with E-state index in [-0.39, 0.29) is 40.7 Å². The SMILES string of the molecule is C=C1C(=O)[C@]23CC[C@H]1CC2C12CCC[C@@](C)(COC1=O)C2C[C@H]3OC(=O)c1ccco1. The summed E-state index contributed by atoms with van der Waals surface area (Å²) in [6.45, 7) is 6.72. The molecular formula is C25H28O6. The number of cyclic esters (lactones) is 1. The van der Waals surface area contributed by atoms with Crippen molar-refractivity contribution in [3.05, 3.63) is 36.3 Å². The number of ether oxygens (including phenoxy) is 2. The van der Waals surface area contributed by atoms with Gasteiger partial charge in [0.05, 0.1) is 23.7 Å². The number of hydrogen-bond donors (Lipinski definition) is 0. The summed E-state index contributed by atoms with van der Waals surface area (Å²) in [6, 6.07) is 3.23. The zero-order valence-corrected chi connectivity index (χ0v) is 17.9. The van der Waals surface area contributed by atoms with Gasteiger partial charge in [0.15, 0.2) is 5.78 Å². The highest BCUT2D eigenvalue weighted by Crippen LogP contribution is 2.73. The maximum atomic E-state index is 13.8. The molecule has 4 bridgehead atoms. The average Bonchev–Trinajstić information content (AvgIpc) is 3.30. The number of allylic oxidation sites excluding steroid dienone is 1. The Labute approximate surface area is 181 Å². The van der Waals surface area contributed by atoms with E-state index >= 15 is 0 Å². The maximum absolute atomic E-state index is 13.8. The van der Waals surface area contributed by atoms with Crippen molar-refractivity contribution in [1.82, 2.24) is 0 Å². The topological polar surface area (TPSA) is 82.8 Å². The lowest BCUT2D eigenvalue weighted by Gasteiger charge is -2.69. The molecule has 2 heterocycles. The Bertz CT molecular complexity index is 994.